The molecule has 2 nitrogen and oxygen atoms in total. The van der Waals surface area contributed by atoms with Crippen molar-refractivity contribution < 1.29 is 0 Å². The van der Waals surface area contributed by atoms with Crippen molar-refractivity contribution in [3.05, 3.63) is 26.6 Å². The average molecular weight is 346 g/mol. The standard InChI is InChI=1S/C12H14Br2N2/c1-9-7-10(13)12(11(14)8-9)16-6-4-2-3-5-15/h7-8,16H,2-4,6H2,1H3. The van der Waals surface area contributed by atoms with Crippen LogP contribution in [-0.4, -0.2) is 6.54 Å². The summed E-state index contributed by atoms with van der Waals surface area (Å²) in [6.45, 7) is 2.95. The highest BCUT2D eigenvalue weighted by Crippen LogP contribution is 2.32. The second-order valence-electron chi connectivity index (χ2n) is 3.65. The van der Waals surface area contributed by atoms with Gasteiger partial charge in [-0.1, -0.05) is 0 Å². The molecule has 1 rings (SSSR count). The first-order valence-electron chi connectivity index (χ1n) is 5.21. The van der Waals surface area contributed by atoms with E-state index in [-0.39, 0.29) is 0 Å². The smallest absolute Gasteiger partial charge is 0.0629 e. The van der Waals surface area contributed by atoms with Crippen LogP contribution in [0.1, 0.15) is 24.8 Å². The van der Waals surface area contributed by atoms with Gasteiger partial charge in [0.1, 0.15) is 0 Å². The molecule has 0 unspecified atom stereocenters. The molecule has 0 saturated carbocycles. The van der Waals surface area contributed by atoms with E-state index in [1.807, 2.05) is 0 Å². The number of nitrogens with zero attached hydrogens (tertiary/aromatic N) is 1. The Bertz CT molecular complexity index is 373. The van der Waals surface area contributed by atoms with E-state index in [1.54, 1.807) is 0 Å². The minimum Gasteiger partial charge on any atom is -0.383 e. The normalized spacial score (nSPS) is 9.88. The van der Waals surface area contributed by atoms with Gasteiger partial charge in [0.2, 0.25) is 0 Å². The Labute approximate surface area is 113 Å². The molecular formula is C12H14Br2N2. The molecule has 0 aliphatic rings. The monoisotopic (exact) mass is 344 g/mol. The molecule has 1 aromatic carbocycles. The lowest BCUT2D eigenvalue weighted by molar-refractivity contribution is 0.784. The van der Waals surface area contributed by atoms with Crippen LogP contribution in [-0.2, 0) is 0 Å². The van der Waals surface area contributed by atoms with Crippen molar-refractivity contribution in [2.75, 3.05) is 11.9 Å². The van der Waals surface area contributed by atoms with Crippen molar-refractivity contribution >= 4 is 37.5 Å². The second-order valence-corrected chi connectivity index (χ2v) is 5.35. The maximum Gasteiger partial charge on any atom is 0.0629 e. The molecule has 0 aliphatic carbocycles. The van der Waals surface area contributed by atoms with Gasteiger partial charge >= 0.3 is 0 Å². The van der Waals surface area contributed by atoms with Gasteiger partial charge in [-0.2, -0.15) is 5.26 Å². The summed E-state index contributed by atoms with van der Waals surface area (Å²) in [4.78, 5) is 0. The molecule has 16 heavy (non-hydrogen) atoms. The lowest BCUT2D eigenvalue weighted by Crippen LogP contribution is -2.03. The Hall–Kier alpha value is -0.530. The van der Waals surface area contributed by atoms with E-state index in [4.69, 9.17) is 5.26 Å². The molecule has 1 N–H and O–H groups in total. The molecular weight excluding hydrogens is 332 g/mol. The van der Waals surface area contributed by atoms with Crippen LogP contribution in [0, 0.1) is 18.3 Å². The van der Waals surface area contributed by atoms with Crippen molar-refractivity contribution in [3.63, 3.8) is 0 Å². The minimum absolute atomic E-state index is 0.637. The molecule has 0 fully saturated rings. The third-order valence-corrected chi connectivity index (χ3v) is 3.45. The van der Waals surface area contributed by atoms with Crippen LogP contribution in [0.4, 0.5) is 5.69 Å². The van der Waals surface area contributed by atoms with Crippen LogP contribution >= 0.6 is 31.9 Å². The number of anilines is 1. The number of rotatable bonds is 5. The third kappa shape index (κ3) is 4.15. The number of nitrogens with one attached hydrogen (secondary N) is 1. The molecule has 1 aromatic rings. The first kappa shape index (κ1) is 13.5. The van der Waals surface area contributed by atoms with E-state index >= 15 is 0 Å². The van der Waals surface area contributed by atoms with Crippen LogP contribution in [0.3, 0.4) is 0 Å². The Kier molecular flexibility index (Phi) is 5.86. The largest absolute Gasteiger partial charge is 0.383 e. The molecule has 0 saturated heterocycles. The predicted octanol–water partition coefficient (Wildman–Crippen LogP) is 4.63. The molecule has 0 atom stereocenters. The average Bonchev–Trinajstić information content (AvgIpc) is 2.20. The molecule has 0 amide bonds. The Morgan fingerprint density at radius 2 is 1.88 bits per heavy atom. The van der Waals surface area contributed by atoms with Gasteiger partial charge in [-0.05, 0) is 69.3 Å². The lowest BCUT2D eigenvalue weighted by Gasteiger charge is -2.11. The fourth-order valence-electron chi connectivity index (χ4n) is 1.41. The van der Waals surface area contributed by atoms with Gasteiger partial charge in [-0.15, -0.1) is 0 Å². The Morgan fingerprint density at radius 1 is 1.25 bits per heavy atom. The lowest BCUT2D eigenvalue weighted by atomic mass is 10.2. The Morgan fingerprint density at radius 3 is 2.44 bits per heavy atom. The summed E-state index contributed by atoms with van der Waals surface area (Å²) in [6, 6.07) is 6.32. The van der Waals surface area contributed by atoms with E-state index in [9.17, 15) is 0 Å². The van der Waals surface area contributed by atoms with Gasteiger partial charge in [0, 0.05) is 21.9 Å². The second kappa shape index (κ2) is 6.93. The van der Waals surface area contributed by atoms with Gasteiger partial charge in [0.25, 0.3) is 0 Å². The van der Waals surface area contributed by atoms with E-state index in [2.05, 4.69) is 62.3 Å². The fraction of sp³-hybridized carbons (Fsp3) is 0.417. The van der Waals surface area contributed by atoms with E-state index in [0.29, 0.717) is 6.42 Å². The van der Waals surface area contributed by atoms with Crippen molar-refractivity contribution in [3.8, 4) is 6.07 Å². The highest BCUT2D eigenvalue weighted by Gasteiger charge is 2.04. The quantitative estimate of drug-likeness (QED) is 0.790. The number of nitriles is 1. The summed E-state index contributed by atoms with van der Waals surface area (Å²) in [6.07, 6.45) is 2.60. The van der Waals surface area contributed by atoms with Gasteiger partial charge < -0.3 is 5.32 Å². The number of unbranched alkanes of at least 4 members (excludes halogenated alkanes) is 2. The predicted molar refractivity (Wildman–Crippen MR) is 74.5 cm³/mol. The summed E-state index contributed by atoms with van der Waals surface area (Å²) < 4.78 is 2.14. The van der Waals surface area contributed by atoms with Crippen LogP contribution in [0.25, 0.3) is 0 Å². The van der Waals surface area contributed by atoms with Gasteiger partial charge in [-0.3, -0.25) is 0 Å². The highest BCUT2D eigenvalue weighted by molar-refractivity contribution is 9.11. The van der Waals surface area contributed by atoms with Gasteiger partial charge in [-0.25, -0.2) is 0 Å². The van der Waals surface area contributed by atoms with Gasteiger partial charge in [0.05, 0.1) is 11.8 Å². The molecule has 0 heterocycles. The van der Waals surface area contributed by atoms with Crippen molar-refractivity contribution in [2.45, 2.75) is 26.2 Å². The summed E-state index contributed by atoms with van der Waals surface area (Å²) >= 11 is 7.07. The van der Waals surface area contributed by atoms with Crippen LogP contribution < -0.4 is 5.32 Å². The molecule has 4 heteroatoms. The van der Waals surface area contributed by atoms with E-state index in [0.717, 1.165) is 34.0 Å². The maximum absolute atomic E-state index is 8.42. The van der Waals surface area contributed by atoms with Crippen molar-refractivity contribution in [1.29, 1.82) is 5.26 Å². The van der Waals surface area contributed by atoms with E-state index in [1.165, 1.54) is 5.56 Å². The van der Waals surface area contributed by atoms with E-state index < -0.39 is 0 Å². The first-order valence-corrected chi connectivity index (χ1v) is 6.80. The molecule has 0 radical (unpaired) electrons. The molecule has 0 aromatic heterocycles. The van der Waals surface area contributed by atoms with Crippen molar-refractivity contribution in [1.82, 2.24) is 0 Å². The number of benzene rings is 1. The van der Waals surface area contributed by atoms with Crippen LogP contribution in [0.2, 0.25) is 0 Å². The summed E-state index contributed by atoms with van der Waals surface area (Å²) in [5.41, 5.74) is 2.30. The van der Waals surface area contributed by atoms with Gasteiger partial charge in [0.15, 0.2) is 0 Å². The maximum atomic E-state index is 8.42. The zero-order valence-corrected chi connectivity index (χ0v) is 12.4. The number of hydrogen-bond acceptors (Lipinski definition) is 2. The van der Waals surface area contributed by atoms with Crippen LogP contribution in [0.15, 0.2) is 21.1 Å². The topological polar surface area (TPSA) is 35.8 Å². The molecule has 0 spiro atoms. The fourth-order valence-corrected chi connectivity index (χ4v) is 3.11. The number of halogens is 2. The molecule has 0 bridgehead atoms. The number of aryl methyl sites for hydroxylation is 1. The number of hydrogen-bond donors (Lipinski definition) is 1. The summed E-state index contributed by atoms with van der Waals surface area (Å²) in [5.74, 6) is 0. The first-order chi connectivity index (χ1) is 7.65. The Balaban J connectivity index is 2.51. The van der Waals surface area contributed by atoms with Crippen LogP contribution in [0.5, 0.6) is 0 Å². The third-order valence-electron chi connectivity index (χ3n) is 2.20. The SMILES string of the molecule is Cc1cc(Br)c(NCCCCC#N)c(Br)c1. The molecule has 86 valence electrons. The zero-order valence-electron chi connectivity index (χ0n) is 9.19. The zero-order chi connectivity index (χ0) is 12.0. The van der Waals surface area contributed by atoms with Crippen molar-refractivity contribution in [2.24, 2.45) is 0 Å². The highest BCUT2D eigenvalue weighted by atomic mass is 79.9. The summed E-state index contributed by atoms with van der Waals surface area (Å²) in [5, 5.41) is 11.8. The molecule has 0 aliphatic heterocycles. The summed E-state index contributed by atoms with van der Waals surface area (Å²) in [7, 11) is 0. The minimum atomic E-state index is 0.637.